The minimum absolute atomic E-state index is 0.00806. The third kappa shape index (κ3) is 2.98. The van der Waals surface area contributed by atoms with Crippen LogP contribution in [-0.4, -0.2) is 26.3 Å². The van der Waals surface area contributed by atoms with Crippen LogP contribution in [0.5, 0.6) is 0 Å². The first-order valence-corrected chi connectivity index (χ1v) is 4.17. The molecule has 0 unspecified atom stereocenters. The highest BCUT2D eigenvalue weighted by Crippen LogP contribution is 2.05. The van der Waals surface area contributed by atoms with Crippen LogP contribution < -0.4 is 11.3 Å². The number of nitrogens with two attached hydrogens (primary N) is 1. The third-order valence-electron chi connectivity index (χ3n) is 1.63. The number of carbonyl (C=O) groups is 1. The number of hydrogen-bond acceptors (Lipinski definition) is 4. The average molecular weight is 223 g/mol. The number of rotatable bonds is 0. The van der Waals surface area contributed by atoms with Crippen molar-refractivity contribution in [3.8, 4) is 0 Å². The molecule has 1 heterocycles. The van der Waals surface area contributed by atoms with Crippen molar-refractivity contribution in [1.82, 2.24) is 9.97 Å². The highest BCUT2D eigenvalue weighted by molar-refractivity contribution is 5.74. The van der Waals surface area contributed by atoms with Gasteiger partial charge in [-0.15, -0.1) is 0 Å². The molecule has 0 saturated heterocycles. The zero-order chi connectivity index (χ0) is 12.1. The first-order chi connectivity index (χ1) is 7.50. The number of aromatic nitrogens is 2. The van der Waals surface area contributed by atoms with Crippen molar-refractivity contribution >= 4 is 23.0 Å². The van der Waals surface area contributed by atoms with Crippen LogP contribution in [0.3, 0.4) is 0 Å². The zero-order valence-corrected chi connectivity index (χ0v) is 8.04. The number of nitrogen functional groups attached to an aromatic ring is 1. The van der Waals surface area contributed by atoms with Crippen LogP contribution >= 0.6 is 0 Å². The highest BCUT2D eigenvalue weighted by Gasteiger charge is 1.97. The second-order valence-electron chi connectivity index (χ2n) is 2.75. The van der Waals surface area contributed by atoms with Crippen LogP contribution in [0.2, 0.25) is 0 Å². The third-order valence-corrected chi connectivity index (χ3v) is 1.63. The molecule has 84 valence electrons. The molecule has 0 aliphatic rings. The standard InChI is InChI=1S/C8H7N3O.CH2O3/c9-7-8(12)11-6-4-2-1-3-5(6)10-7;2-1(3)4/h1-4H,(H2,9,10)(H,11,12);(H2,2,3,4). The Morgan fingerprint density at radius 1 is 1.31 bits per heavy atom. The van der Waals surface area contributed by atoms with E-state index in [0.717, 1.165) is 0 Å². The van der Waals surface area contributed by atoms with E-state index in [2.05, 4.69) is 9.97 Å². The van der Waals surface area contributed by atoms with Crippen LogP contribution in [0.25, 0.3) is 11.0 Å². The molecule has 0 aliphatic carbocycles. The minimum Gasteiger partial charge on any atom is -0.450 e. The van der Waals surface area contributed by atoms with Crippen molar-refractivity contribution < 1.29 is 15.0 Å². The Morgan fingerprint density at radius 3 is 2.50 bits per heavy atom. The van der Waals surface area contributed by atoms with Gasteiger partial charge in [0.15, 0.2) is 5.82 Å². The number of fused-ring (bicyclic) bond motifs is 1. The molecule has 0 aliphatic heterocycles. The lowest BCUT2D eigenvalue weighted by atomic mass is 10.3. The molecule has 2 rings (SSSR count). The number of nitrogens with zero attached hydrogens (tertiary/aromatic N) is 1. The number of anilines is 1. The van der Waals surface area contributed by atoms with Crippen molar-refractivity contribution in [2.24, 2.45) is 0 Å². The van der Waals surface area contributed by atoms with Gasteiger partial charge in [-0.1, -0.05) is 12.1 Å². The monoisotopic (exact) mass is 223 g/mol. The molecule has 0 bridgehead atoms. The predicted molar refractivity (Wildman–Crippen MR) is 57.4 cm³/mol. The Labute approximate surface area is 89.2 Å². The lowest BCUT2D eigenvalue weighted by Crippen LogP contribution is -2.13. The van der Waals surface area contributed by atoms with E-state index in [-0.39, 0.29) is 11.4 Å². The topological polar surface area (TPSA) is 129 Å². The fourth-order valence-corrected chi connectivity index (χ4v) is 1.04. The van der Waals surface area contributed by atoms with Crippen molar-refractivity contribution in [2.45, 2.75) is 0 Å². The molecule has 0 amide bonds. The largest absolute Gasteiger partial charge is 0.503 e. The van der Waals surface area contributed by atoms with Crippen LogP contribution in [0.15, 0.2) is 29.1 Å². The van der Waals surface area contributed by atoms with E-state index in [1.54, 1.807) is 12.1 Å². The average Bonchev–Trinajstić information content (AvgIpc) is 2.19. The fourth-order valence-electron chi connectivity index (χ4n) is 1.04. The summed E-state index contributed by atoms with van der Waals surface area (Å²) in [6, 6.07) is 7.24. The highest BCUT2D eigenvalue weighted by atomic mass is 16.6. The Hall–Kier alpha value is -2.57. The molecule has 16 heavy (non-hydrogen) atoms. The molecule has 0 atom stereocenters. The molecule has 0 fully saturated rings. The Bertz CT molecular complexity index is 560. The number of benzene rings is 1. The maximum absolute atomic E-state index is 11.0. The van der Waals surface area contributed by atoms with Gasteiger partial charge in [-0.05, 0) is 12.1 Å². The fraction of sp³-hybridized carbons (Fsp3) is 0. The summed E-state index contributed by atoms with van der Waals surface area (Å²) >= 11 is 0. The summed E-state index contributed by atoms with van der Waals surface area (Å²) in [4.78, 5) is 26.1. The summed E-state index contributed by atoms with van der Waals surface area (Å²) in [5.74, 6) is 0.00806. The van der Waals surface area contributed by atoms with Crippen LogP contribution in [0.1, 0.15) is 0 Å². The van der Waals surface area contributed by atoms with Crippen LogP contribution in [-0.2, 0) is 0 Å². The van der Waals surface area contributed by atoms with Gasteiger partial charge in [0, 0.05) is 0 Å². The molecule has 1 aromatic carbocycles. The van der Waals surface area contributed by atoms with E-state index in [4.69, 9.17) is 20.7 Å². The van der Waals surface area contributed by atoms with Gasteiger partial charge in [0.2, 0.25) is 0 Å². The predicted octanol–water partition coefficient (Wildman–Crippen LogP) is 0.728. The molecular weight excluding hydrogens is 214 g/mol. The molecular formula is C9H9N3O4. The summed E-state index contributed by atoms with van der Waals surface area (Å²) in [7, 11) is 0. The second-order valence-corrected chi connectivity index (χ2v) is 2.75. The van der Waals surface area contributed by atoms with Gasteiger partial charge in [-0.3, -0.25) is 4.79 Å². The Balaban J connectivity index is 0.000000280. The molecule has 2 aromatic rings. The molecule has 1 aromatic heterocycles. The molecule has 0 spiro atoms. The molecule has 7 nitrogen and oxygen atoms in total. The van der Waals surface area contributed by atoms with Gasteiger partial charge in [0.25, 0.3) is 5.56 Å². The Kier molecular flexibility index (Phi) is 3.44. The quantitative estimate of drug-likeness (QED) is 0.520. The maximum atomic E-state index is 11.0. The van der Waals surface area contributed by atoms with Gasteiger partial charge in [0.05, 0.1) is 11.0 Å². The van der Waals surface area contributed by atoms with E-state index in [1.165, 1.54) is 0 Å². The van der Waals surface area contributed by atoms with Crippen LogP contribution in [0, 0.1) is 0 Å². The molecule has 5 N–H and O–H groups in total. The van der Waals surface area contributed by atoms with Crippen molar-refractivity contribution in [2.75, 3.05) is 5.73 Å². The summed E-state index contributed by atoms with van der Waals surface area (Å²) in [5.41, 5.74) is 6.40. The van der Waals surface area contributed by atoms with Gasteiger partial charge in [-0.25, -0.2) is 9.78 Å². The van der Waals surface area contributed by atoms with Crippen molar-refractivity contribution in [1.29, 1.82) is 0 Å². The first kappa shape index (κ1) is 11.5. The smallest absolute Gasteiger partial charge is 0.450 e. The normalized spacial score (nSPS) is 9.25. The Morgan fingerprint density at radius 2 is 1.88 bits per heavy atom. The van der Waals surface area contributed by atoms with Crippen molar-refractivity contribution in [3.63, 3.8) is 0 Å². The summed E-state index contributed by atoms with van der Waals surface area (Å²) < 4.78 is 0. The number of para-hydroxylation sites is 2. The molecule has 7 heteroatoms. The van der Waals surface area contributed by atoms with E-state index >= 15 is 0 Å². The van der Waals surface area contributed by atoms with Gasteiger partial charge >= 0.3 is 6.16 Å². The first-order valence-electron chi connectivity index (χ1n) is 4.17. The summed E-state index contributed by atoms with van der Waals surface area (Å²) in [6.07, 6.45) is -1.83. The number of carboxylic acid groups (broad SMARTS) is 2. The minimum atomic E-state index is -1.83. The van der Waals surface area contributed by atoms with Crippen molar-refractivity contribution in [3.05, 3.63) is 34.6 Å². The molecule has 0 saturated carbocycles. The van der Waals surface area contributed by atoms with E-state index < -0.39 is 6.16 Å². The lowest BCUT2D eigenvalue weighted by molar-refractivity contribution is 0.137. The zero-order valence-electron chi connectivity index (χ0n) is 8.04. The summed E-state index contributed by atoms with van der Waals surface area (Å²) in [5, 5.41) is 13.9. The van der Waals surface area contributed by atoms with Gasteiger partial charge in [-0.2, -0.15) is 0 Å². The van der Waals surface area contributed by atoms with Gasteiger partial charge in [0.1, 0.15) is 0 Å². The number of nitrogens with one attached hydrogen (secondary N) is 1. The maximum Gasteiger partial charge on any atom is 0.503 e. The van der Waals surface area contributed by atoms with E-state index in [1.807, 2.05) is 12.1 Å². The number of H-pyrrole nitrogens is 1. The summed E-state index contributed by atoms with van der Waals surface area (Å²) in [6.45, 7) is 0. The van der Waals surface area contributed by atoms with Crippen LogP contribution in [0.4, 0.5) is 10.6 Å². The van der Waals surface area contributed by atoms with Gasteiger partial charge < -0.3 is 20.9 Å². The lowest BCUT2D eigenvalue weighted by Gasteiger charge is -1.96. The molecule has 0 radical (unpaired) electrons. The van der Waals surface area contributed by atoms with E-state index in [9.17, 15) is 4.79 Å². The SMILES string of the molecule is Nc1nc2ccccc2[nH]c1=O.O=C(O)O. The number of hydrogen-bond donors (Lipinski definition) is 4. The number of aromatic amines is 1. The van der Waals surface area contributed by atoms with E-state index in [0.29, 0.717) is 11.0 Å². The second kappa shape index (κ2) is 4.78.